The summed E-state index contributed by atoms with van der Waals surface area (Å²) in [6.07, 6.45) is 5.26. The molecule has 1 amide bonds. The van der Waals surface area contributed by atoms with Crippen LogP contribution in [0.4, 0.5) is 0 Å². The molecule has 0 bridgehead atoms. The maximum absolute atomic E-state index is 12.5. The van der Waals surface area contributed by atoms with Gasteiger partial charge in [-0.1, -0.05) is 0 Å². The highest BCUT2D eigenvalue weighted by Crippen LogP contribution is 2.24. The van der Waals surface area contributed by atoms with Gasteiger partial charge in [0.05, 0.1) is 11.7 Å². The Bertz CT molecular complexity index is 634. The van der Waals surface area contributed by atoms with Gasteiger partial charge in [0.2, 0.25) is 5.91 Å². The van der Waals surface area contributed by atoms with Crippen molar-refractivity contribution in [2.45, 2.75) is 51.6 Å². The highest BCUT2D eigenvalue weighted by Gasteiger charge is 2.32. The van der Waals surface area contributed by atoms with E-state index in [1.165, 1.54) is 0 Å². The van der Waals surface area contributed by atoms with Crippen LogP contribution >= 0.6 is 0 Å². The molecule has 1 aromatic rings. The minimum absolute atomic E-state index is 0.0244. The fourth-order valence-corrected chi connectivity index (χ4v) is 3.89. The van der Waals surface area contributed by atoms with Gasteiger partial charge in [0.1, 0.15) is 0 Å². The number of nitrogens with zero attached hydrogens (tertiary/aromatic N) is 4. The number of carbonyl (C=O) groups excluding carboxylic acids is 1. The van der Waals surface area contributed by atoms with E-state index in [4.69, 9.17) is 0 Å². The maximum Gasteiger partial charge on any atom is 0.266 e. The Morgan fingerprint density at radius 3 is 2.58 bits per heavy atom. The summed E-state index contributed by atoms with van der Waals surface area (Å²) >= 11 is 0. The molecule has 2 fully saturated rings. The third-order valence-corrected chi connectivity index (χ3v) is 5.40. The molecule has 0 aliphatic carbocycles. The monoisotopic (exact) mass is 332 g/mol. The van der Waals surface area contributed by atoms with Gasteiger partial charge in [-0.2, -0.15) is 5.10 Å². The second-order valence-corrected chi connectivity index (χ2v) is 7.25. The van der Waals surface area contributed by atoms with Crippen molar-refractivity contribution in [3.05, 3.63) is 28.2 Å². The lowest BCUT2D eigenvalue weighted by atomic mass is 9.94. The van der Waals surface area contributed by atoms with Crippen LogP contribution in [0.2, 0.25) is 0 Å². The number of likely N-dealkylation sites (N-methyl/N-ethyl adjacent to an activating group) is 1. The molecule has 2 aliphatic heterocycles. The van der Waals surface area contributed by atoms with Crippen LogP contribution in [0.3, 0.4) is 0 Å². The fourth-order valence-electron chi connectivity index (χ4n) is 3.89. The van der Waals surface area contributed by atoms with Crippen LogP contribution in [0.1, 0.15) is 37.8 Å². The summed E-state index contributed by atoms with van der Waals surface area (Å²) in [5, 5.41) is 4.34. The van der Waals surface area contributed by atoms with E-state index in [0.717, 1.165) is 57.4 Å². The molecule has 24 heavy (non-hydrogen) atoms. The number of aromatic nitrogens is 2. The molecule has 0 saturated carbocycles. The molecular formula is C18H28N4O2. The van der Waals surface area contributed by atoms with Gasteiger partial charge in [0.25, 0.3) is 5.56 Å². The summed E-state index contributed by atoms with van der Waals surface area (Å²) in [4.78, 5) is 28.7. The largest absolute Gasteiger partial charge is 0.344 e. The van der Waals surface area contributed by atoms with Crippen LogP contribution in [-0.2, 0) is 11.3 Å². The molecule has 1 aromatic heterocycles. The van der Waals surface area contributed by atoms with E-state index in [0.29, 0.717) is 12.5 Å². The molecule has 0 N–H and O–H groups in total. The molecule has 6 nitrogen and oxygen atoms in total. The zero-order valence-corrected chi connectivity index (χ0v) is 14.8. The molecule has 2 aliphatic rings. The first-order chi connectivity index (χ1) is 11.5. The third kappa shape index (κ3) is 3.86. The summed E-state index contributed by atoms with van der Waals surface area (Å²) in [6.45, 7) is 5.36. The highest BCUT2D eigenvalue weighted by atomic mass is 16.2. The lowest BCUT2D eigenvalue weighted by Crippen LogP contribution is -2.49. The third-order valence-electron chi connectivity index (χ3n) is 5.40. The highest BCUT2D eigenvalue weighted by molar-refractivity contribution is 5.81. The number of amides is 1. The van der Waals surface area contributed by atoms with Gasteiger partial charge in [0, 0.05) is 26.2 Å². The molecule has 1 unspecified atom stereocenters. The van der Waals surface area contributed by atoms with E-state index in [9.17, 15) is 9.59 Å². The maximum atomic E-state index is 12.5. The van der Waals surface area contributed by atoms with Crippen molar-refractivity contribution < 1.29 is 4.79 Å². The lowest BCUT2D eigenvalue weighted by molar-refractivity contribution is -0.135. The van der Waals surface area contributed by atoms with Gasteiger partial charge < -0.3 is 4.90 Å². The first kappa shape index (κ1) is 17.1. The summed E-state index contributed by atoms with van der Waals surface area (Å²) in [5.41, 5.74) is 0.850. The second-order valence-electron chi connectivity index (χ2n) is 7.25. The molecule has 0 spiro atoms. The van der Waals surface area contributed by atoms with Crippen LogP contribution in [0.15, 0.2) is 16.9 Å². The van der Waals surface area contributed by atoms with Crippen molar-refractivity contribution >= 4 is 5.91 Å². The average Bonchev–Trinajstić information content (AvgIpc) is 2.74. The fraction of sp³-hybridized carbons (Fsp3) is 0.722. The van der Waals surface area contributed by atoms with Gasteiger partial charge in [-0.25, -0.2) is 4.68 Å². The molecule has 3 rings (SSSR count). The number of likely N-dealkylation sites (tertiary alicyclic amines) is 2. The molecule has 3 heterocycles. The van der Waals surface area contributed by atoms with E-state index in [1.54, 1.807) is 16.8 Å². The molecule has 2 saturated heterocycles. The molecular weight excluding hydrogens is 304 g/mol. The second kappa shape index (κ2) is 7.47. The normalized spacial score (nSPS) is 24.2. The van der Waals surface area contributed by atoms with E-state index in [2.05, 4.69) is 10.00 Å². The van der Waals surface area contributed by atoms with Crippen LogP contribution in [0.25, 0.3) is 0 Å². The molecule has 0 radical (unpaired) electrons. The van der Waals surface area contributed by atoms with Gasteiger partial charge >= 0.3 is 0 Å². The predicted octanol–water partition coefficient (Wildman–Crippen LogP) is 1.27. The molecule has 1 atom stereocenters. The lowest BCUT2D eigenvalue weighted by Gasteiger charge is -2.37. The minimum atomic E-state index is -0.0244. The van der Waals surface area contributed by atoms with Gasteiger partial charge in [-0.3, -0.25) is 14.5 Å². The molecule has 0 aromatic carbocycles. The number of hydrogen-bond donors (Lipinski definition) is 0. The van der Waals surface area contributed by atoms with E-state index < -0.39 is 0 Å². The Kier molecular flexibility index (Phi) is 5.33. The van der Waals surface area contributed by atoms with Crippen molar-refractivity contribution in [3.8, 4) is 0 Å². The summed E-state index contributed by atoms with van der Waals surface area (Å²) < 4.78 is 1.60. The van der Waals surface area contributed by atoms with Crippen molar-refractivity contribution in [2.75, 3.05) is 26.7 Å². The molecule has 132 valence electrons. The van der Waals surface area contributed by atoms with Gasteiger partial charge in [0.15, 0.2) is 0 Å². The average molecular weight is 332 g/mol. The smallest absolute Gasteiger partial charge is 0.266 e. The summed E-state index contributed by atoms with van der Waals surface area (Å²) in [5.74, 6) is 0.745. The minimum Gasteiger partial charge on any atom is -0.344 e. The SMILES string of the molecule is Cc1ccc(=O)n(CC2CCN(C3CCCCN(C)C3=O)CC2)n1. The van der Waals surface area contributed by atoms with Crippen LogP contribution in [-0.4, -0.2) is 58.2 Å². The first-order valence-electron chi connectivity index (χ1n) is 9.08. The van der Waals surface area contributed by atoms with Crippen LogP contribution in [0, 0.1) is 12.8 Å². The van der Waals surface area contributed by atoms with Gasteiger partial charge in [-0.15, -0.1) is 0 Å². The summed E-state index contributed by atoms with van der Waals surface area (Å²) in [6, 6.07) is 3.41. The predicted molar refractivity (Wildman–Crippen MR) is 92.8 cm³/mol. The molecule has 6 heteroatoms. The summed E-state index contributed by atoms with van der Waals surface area (Å²) in [7, 11) is 1.92. The Labute approximate surface area is 143 Å². The van der Waals surface area contributed by atoms with Crippen molar-refractivity contribution in [1.29, 1.82) is 0 Å². The van der Waals surface area contributed by atoms with E-state index >= 15 is 0 Å². The number of carbonyl (C=O) groups is 1. The Morgan fingerprint density at radius 1 is 1.08 bits per heavy atom. The Balaban J connectivity index is 1.58. The van der Waals surface area contributed by atoms with Gasteiger partial charge in [-0.05, 0) is 64.1 Å². The number of piperidine rings is 1. The van der Waals surface area contributed by atoms with Crippen molar-refractivity contribution in [2.24, 2.45) is 5.92 Å². The Morgan fingerprint density at radius 2 is 1.83 bits per heavy atom. The Hall–Kier alpha value is -1.69. The van der Waals surface area contributed by atoms with E-state index in [1.807, 2.05) is 18.9 Å². The zero-order valence-electron chi connectivity index (χ0n) is 14.8. The zero-order chi connectivity index (χ0) is 17.1. The number of aryl methyl sites for hydroxylation is 1. The van der Waals surface area contributed by atoms with Crippen LogP contribution in [0.5, 0.6) is 0 Å². The van der Waals surface area contributed by atoms with Crippen molar-refractivity contribution in [1.82, 2.24) is 19.6 Å². The number of hydrogen-bond acceptors (Lipinski definition) is 4. The topological polar surface area (TPSA) is 58.4 Å². The first-order valence-corrected chi connectivity index (χ1v) is 9.08. The standard InChI is InChI=1S/C18H28N4O2/c1-14-6-7-17(23)22(19-14)13-15-8-11-21(12-9-15)16-5-3-4-10-20(2)18(16)24/h6-7,15-16H,3-5,8-13H2,1-2H3. The quantitative estimate of drug-likeness (QED) is 0.836. The van der Waals surface area contributed by atoms with E-state index in [-0.39, 0.29) is 17.5 Å². The van der Waals surface area contributed by atoms with Crippen LogP contribution < -0.4 is 5.56 Å². The number of rotatable bonds is 3. The van der Waals surface area contributed by atoms with Crippen molar-refractivity contribution in [3.63, 3.8) is 0 Å².